The maximum absolute atomic E-state index is 12.8. The van der Waals surface area contributed by atoms with E-state index in [1.54, 1.807) is 0 Å². The van der Waals surface area contributed by atoms with Crippen molar-refractivity contribution in [3.8, 4) is 0 Å². The van der Waals surface area contributed by atoms with E-state index in [0.29, 0.717) is 13.0 Å². The number of allylic oxidation sites excluding steroid dienone is 6. The van der Waals surface area contributed by atoms with Gasteiger partial charge in [0.1, 0.15) is 42.7 Å². The van der Waals surface area contributed by atoms with Crippen LogP contribution >= 0.6 is 7.82 Å². The van der Waals surface area contributed by atoms with E-state index in [4.69, 9.17) is 18.5 Å². The molecular weight excluding hydrogens is 824 g/mol. The molecule has 1 aliphatic rings. The number of carbonyl (C=O) groups is 1. The third-order valence-corrected chi connectivity index (χ3v) is 12.8. The first-order chi connectivity index (χ1) is 30.5. The van der Waals surface area contributed by atoms with Crippen LogP contribution in [0.1, 0.15) is 213 Å². The summed E-state index contributed by atoms with van der Waals surface area (Å²) >= 11 is 0. The van der Waals surface area contributed by atoms with Crippen LogP contribution in [0.5, 0.6) is 0 Å². The summed E-state index contributed by atoms with van der Waals surface area (Å²) in [6.45, 7) is 4.26. The summed E-state index contributed by atoms with van der Waals surface area (Å²) in [6, 6.07) is 0. The molecule has 0 amide bonds. The fourth-order valence-corrected chi connectivity index (χ4v) is 8.69. The van der Waals surface area contributed by atoms with Gasteiger partial charge in [0, 0.05) is 13.0 Å². The molecule has 0 radical (unpaired) electrons. The van der Waals surface area contributed by atoms with Gasteiger partial charge in [0.15, 0.2) is 0 Å². The maximum Gasteiger partial charge on any atom is 0.472 e. The fourth-order valence-electron chi connectivity index (χ4n) is 7.72. The molecule has 0 aliphatic heterocycles. The molecule has 12 nitrogen and oxygen atoms in total. The van der Waals surface area contributed by atoms with Gasteiger partial charge in [0.2, 0.25) is 0 Å². The second-order valence-corrected chi connectivity index (χ2v) is 19.1. The first kappa shape index (κ1) is 59.6. The van der Waals surface area contributed by atoms with Crippen LogP contribution in [-0.4, -0.2) is 98.9 Å². The third-order valence-electron chi connectivity index (χ3n) is 11.8. The summed E-state index contributed by atoms with van der Waals surface area (Å²) in [5.74, 6) is -0.487. The zero-order chi connectivity index (χ0) is 46.2. The molecule has 0 aromatic rings. The van der Waals surface area contributed by atoms with Crippen LogP contribution in [0.4, 0.5) is 0 Å². The number of aliphatic hydroxyl groups is 5. The van der Waals surface area contributed by atoms with Crippen LogP contribution in [0.25, 0.3) is 0 Å². The molecule has 0 saturated heterocycles. The zero-order valence-corrected chi connectivity index (χ0v) is 40.5. The highest BCUT2D eigenvalue weighted by atomic mass is 31.2. The normalized spacial score (nSPS) is 22.1. The van der Waals surface area contributed by atoms with Crippen LogP contribution in [0.3, 0.4) is 0 Å². The topological polar surface area (TPSA) is 192 Å². The third kappa shape index (κ3) is 32.8. The Morgan fingerprint density at radius 2 is 0.889 bits per heavy atom. The summed E-state index contributed by atoms with van der Waals surface area (Å²) in [5, 5.41) is 50.3. The minimum Gasteiger partial charge on any atom is -0.457 e. The first-order valence-corrected chi connectivity index (χ1v) is 26.8. The lowest BCUT2D eigenvalue weighted by atomic mass is 9.85. The molecule has 13 heteroatoms. The van der Waals surface area contributed by atoms with E-state index in [0.717, 1.165) is 70.6 Å². The molecule has 0 spiro atoms. The second-order valence-electron chi connectivity index (χ2n) is 17.7. The van der Waals surface area contributed by atoms with Gasteiger partial charge >= 0.3 is 13.8 Å². The average molecular weight is 917 g/mol. The highest BCUT2D eigenvalue weighted by molar-refractivity contribution is 7.47. The van der Waals surface area contributed by atoms with Crippen molar-refractivity contribution in [2.45, 2.75) is 256 Å². The van der Waals surface area contributed by atoms with Gasteiger partial charge < -0.3 is 39.9 Å². The molecule has 0 aromatic carbocycles. The molecule has 1 rings (SSSR count). The number of unbranched alkanes of at least 4 members (excludes halogenated alkanes) is 25. The van der Waals surface area contributed by atoms with E-state index in [2.05, 4.69) is 50.3 Å². The molecule has 63 heavy (non-hydrogen) atoms. The zero-order valence-electron chi connectivity index (χ0n) is 39.6. The van der Waals surface area contributed by atoms with Gasteiger partial charge in [0.05, 0.1) is 13.2 Å². The van der Waals surface area contributed by atoms with Crippen LogP contribution in [-0.2, 0) is 27.9 Å². The van der Waals surface area contributed by atoms with Gasteiger partial charge in [-0.2, -0.15) is 0 Å². The van der Waals surface area contributed by atoms with E-state index in [1.165, 1.54) is 116 Å². The average Bonchev–Trinajstić information content (AvgIpc) is 3.27. The van der Waals surface area contributed by atoms with E-state index < -0.39 is 63.1 Å². The summed E-state index contributed by atoms with van der Waals surface area (Å²) in [6.07, 6.45) is 36.3. The van der Waals surface area contributed by atoms with Crippen molar-refractivity contribution in [1.82, 2.24) is 0 Å². The molecule has 370 valence electrons. The standard InChI is InChI=1S/C50H93O12P/c1-3-5-7-9-11-13-15-17-19-20-21-22-23-24-25-27-29-31-33-35-37-39-44(51)61-43(42-60-63(57,58)62-50-48(55)46(53)45(52)47(54)49(50)56)41-59-40-38-36-34-32-30-28-26-18-16-14-12-10-8-6-4-2/h15,17,20-21,23-24,43,45-50,52-56H,3-14,16,18-19,22,25-42H2,1-2H3,(H,57,58)/b17-15-,21-20-,24-23-. The van der Waals surface area contributed by atoms with Crippen LogP contribution in [0.2, 0.25) is 0 Å². The monoisotopic (exact) mass is 917 g/mol. The molecule has 1 saturated carbocycles. The van der Waals surface area contributed by atoms with E-state index in [-0.39, 0.29) is 13.0 Å². The molecule has 6 atom stereocenters. The number of esters is 1. The Morgan fingerprint density at radius 1 is 0.508 bits per heavy atom. The molecule has 1 fully saturated rings. The fraction of sp³-hybridized carbons (Fsp3) is 0.860. The number of phosphoric acid groups is 1. The number of ether oxygens (including phenoxy) is 2. The Hall–Kier alpha value is -1.44. The quantitative estimate of drug-likeness (QED) is 0.0147. The largest absolute Gasteiger partial charge is 0.472 e. The number of phosphoric ester groups is 1. The maximum atomic E-state index is 12.8. The predicted octanol–water partition coefficient (Wildman–Crippen LogP) is 11.0. The second kappa shape index (κ2) is 40.8. The van der Waals surface area contributed by atoms with Crippen molar-refractivity contribution >= 4 is 13.8 Å². The Balaban J connectivity index is 2.36. The van der Waals surface area contributed by atoms with Crippen molar-refractivity contribution < 1.29 is 58.3 Å². The van der Waals surface area contributed by atoms with E-state index >= 15 is 0 Å². The number of hydrogen-bond donors (Lipinski definition) is 6. The van der Waals surface area contributed by atoms with Gasteiger partial charge in [-0.1, -0.05) is 192 Å². The van der Waals surface area contributed by atoms with Crippen molar-refractivity contribution in [3.05, 3.63) is 36.5 Å². The highest BCUT2D eigenvalue weighted by Gasteiger charge is 2.51. The minimum atomic E-state index is -5.02. The van der Waals surface area contributed by atoms with Crippen LogP contribution < -0.4 is 0 Å². The van der Waals surface area contributed by atoms with Gasteiger partial charge in [-0.3, -0.25) is 13.8 Å². The first-order valence-electron chi connectivity index (χ1n) is 25.3. The Labute approximate surface area is 382 Å². The van der Waals surface area contributed by atoms with E-state index in [9.17, 15) is 39.8 Å². The molecule has 0 bridgehead atoms. The lowest BCUT2D eigenvalue weighted by molar-refractivity contribution is -0.220. The number of hydrogen-bond acceptors (Lipinski definition) is 11. The summed E-state index contributed by atoms with van der Waals surface area (Å²) in [7, 11) is -5.02. The molecule has 1 aliphatic carbocycles. The molecule has 6 unspecified atom stereocenters. The molecule has 0 aromatic heterocycles. The Bertz CT molecular complexity index is 1180. The molecule has 0 heterocycles. The lowest BCUT2D eigenvalue weighted by Gasteiger charge is -2.41. The van der Waals surface area contributed by atoms with Gasteiger partial charge in [-0.05, 0) is 51.4 Å². The highest BCUT2D eigenvalue weighted by Crippen LogP contribution is 2.47. The number of rotatable bonds is 43. The summed E-state index contributed by atoms with van der Waals surface area (Å²) in [5.41, 5.74) is 0. The van der Waals surface area contributed by atoms with Gasteiger partial charge in [-0.25, -0.2) is 4.57 Å². The van der Waals surface area contributed by atoms with Gasteiger partial charge in [0.25, 0.3) is 0 Å². The van der Waals surface area contributed by atoms with Gasteiger partial charge in [-0.15, -0.1) is 0 Å². The summed E-state index contributed by atoms with van der Waals surface area (Å²) in [4.78, 5) is 23.2. The molecular formula is C50H93O12P. The van der Waals surface area contributed by atoms with Crippen LogP contribution in [0.15, 0.2) is 36.5 Å². The molecule has 6 N–H and O–H groups in total. The van der Waals surface area contributed by atoms with Crippen molar-refractivity contribution in [1.29, 1.82) is 0 Å². The smallest absolute Gasteiger partial charge is 0.457 e. The van der Waals surface area contributed by atoms with Crippen molar-refractivity contribution in [2.24, 2.45) is 0 Å². The van der Waals surface area contributed by atoms with Crippen molar-refractivity contribution in [3.63, 3.8) is 0 Å². The van der Waals surface area contributed by atoms with Crippen LogP contribution in [0, 0.1) is 0 Å². The number of carbonyl (C=O) groups excluding carboxylic acids is 1. The summed E-state index contributed by atoms with van der Waals surface area (Å²) < 4.78 is 34.3. The Kier molecular flexibility index (Phi) is 38.6. The number of aliphatic hydroxyl groups excluding tert-OH is 5. The Morgan fingerprint density at radius 3 is 1.35 bits per heavy atom. The SMILES string of the molecule is CCCCCCC/C=C\C/C=C\C/C=C\CCCCCCCCC(=O)OC(COCCCCCCCCCCCCCCCCC)COP(=O)(O)OC1C(O)C(O)C(O)C(O)C1O. The minimum absolute atomic E-state index is 0.0793. The predicted molar refractivity (Wildman–Crippen MR) is 253 cm³/mol. The lowest BCUT2D eigenvalue weighted by Crippen LogP contribution is -2.64. The van der Waals surface area contributed by atoms with Crippen molar-refractivity contribution in [2.75, 3.05) is 19.8 Å². The van der Waals surface area contributed by atoms with E-state index in [1.807, 2.05) is 0 Å².